The first kappa shape index (κ1) is 6.12. The van der Waals surface area contributed by atoms with Crippen molar-refractivity contribution in [3.05, 3.63) is 5.82 Å². The van der Waals surface area contributed by atoms with Crippen LogP contribution in [0.5, 0.6) is 0 Å². The number of tetrazole rings is 1. The van der Waals surface area contributed by atoms with Crippen molar-refractivity contribution in [2.24, 2.45) is 0 Å². The topological polar surface area (TPSA) is 43.6 Å². The van der Waals surface area contributed by atoms with Gasteiger partial charge in [-0.2, -0.15) is 4.68 Å². The van der Waals surface area contributed by atoms with E-state index >= 15 is 0 Å². The van der Waals surface area contributed by atoms with Crippen LogP contribution in [0.3, 0.4) is 0 Å². The minimum absolute atomic E-state index is 0.581. The molecule has 0 aliphatic heterocycles. The zero-order chi connectivity index (χ0) is 6.69. The molecule has 1 rings (SSSR count). The van der Waals surface area contributed by atoms with Crippen LogP contribution in [0.15, 0.2) is 0 Å². The van der Waals surface area contributed by atoms with Gasteiger partial charge in [0.15, 0.2) is 12.6 Å². The summed E-state index contributed by atoms with van der Waals surface area (Å²) >= 11 is 0. The first-order valence-electron chi connectivity index (χ1n) is 2.69. The lowest BCUT2D eigenvalue weighted by Gasteiger charge is -1.91. The monoisotopic (exact) mass is 129 g/mol. The predicted octanol–water partition coefficient (Wildman–Crippen LogP) is 0.162. The van der Waals surface area contributed by atoms with Gasteiger partial charge >= 0.3 is 0 Å². The average Bonchev–Trinajstić information content (AvgIpc) is 2.33. The molecule has 0 radical (unpaired) electrons. The van der Waals surface area contributed by atoms with Gasteiger partial charge in [-0.25, -0.2) is 4.39 Å². The van der Waals surface area contributed by atoms with Crippen LogP contribution in [0.1, 0.15) is 12.7 Å². The van der Waals surface area contributed by atoms with Gasteiger partial charge in [-0.1, -0.05) is 6.92 Å². The lowest BCUT2D eigenvalue weighted by atomic mass is 10.5. The number of alkyl halides is 1. The van der Waals surface area contributed by atoms with Gasteiger partial charge < -0.3 is 0 Å². The van der Waals surface area contributed by atoms with Crippen molar-refractivity contribution in [2.45, 2.75) is 20.1 Å². The van der Waals surface area contributed by atoms with Crippen LogP contribution in [0.4, 0.5) is 4.39 Å². The third-order valence-electron chi connectivity index (χ3n) is 1.04. The SMILES string of the molecule is CCc1nnnn1C[18F]. The number of hydrogen-bond donors (Lipinski definition) is 0. The van der Waals surface area contributed by atoms with Crippen LogP contribution in [0.25, 0.3) is 0 Å². The average molecular weight is 129 g/mol. The van der Waals surface area contributed by atoms with Crippen LogP contribution in [0.2, 0.25) is 0 Å². The fourth-order valence-electron chi connectivity index (χ4n) is 0.569. The Balaban J connectivity index is 2.85. The highest BCUT2D eigenvalue weighted by atomic mass is 18.2. The molecule has 0 atom stereocenters. The van der Waals surface area contributed by atoms with Crippen molar-refractivity contribution in [2.75, 3.05) is 0 Å². The molecule has 1 aromatic rings. The normalized spacial score (nSPS) is 10.0. The summed E-state index contributed by atoms with van der Waals surface area (Å²) in [6, 6.07) is 0. The van der Waals surface area contributed by atoms with E-state index in [4.69, 9.17) is 0 Å². The highest BCUT2D eigenvalue weighted by Gasteiger charge is 1.99. The van der Waals surface area contributed by atoms with Gasteiger partial charge in [0.2, 0.25) is 0 Å². The molecule has 0 amide bonds. The highest BCUT2D eigenvalue weighted by molar-refractivity contribution is 4.76. The molecule has 9 heavy (non-hydrogen) atoms. The number of hydrogen-bond acceptors (Lipinski definition) is 3. The van der Waals surface area contributed by atoms with E-state index in [1.54, 1.807) is 0 Å². The Kier molecular flexibility index (Phi) is 1.72. The number of halogens is 1. The van der Waals surface area contributed by atoms with Gasteiger partial charge in [-0.3, -0.25) is 0 Å². The Morgan fingerprint density at radius 2 is 2.44 bits per heavy atom. The van der Waals surface area contributed by atoms with Crippen molar-refractivity contribution < 1.29 is 4.39 Å². The van der Waals surface area contributed by atoms with E-state index in [-0.39, 0.29) is 0 Å². The lowest BCUT2D eigenvalue weighted by Crippen LogP contribution is -2.00. The van der Waals surface area contributed by atoms with E-state index < -0.39 is 6.80 Å². The van der Waals surface area contributed by atoms with E-state index in [0.29, 0.717) is 12.2 Å². The molecule has 0 aromatic carbocycles. The summed E-state index contributed by atoms with van der Waals surface area (Å²) in [6.45, 7) is 1.23. The molecule has 0 saturated heterocycles. The highest BCUT2D eigenvalue weighted by Crippen LogP contribution is 1.91. The minimum atomic E-state index is -0.643. The molecule has 0 unspecified atom stereocenters. The Bertz CT molecular complexity index is 166. The third kappa shape index (κ3) is 1.04. The zero-order valence-corrected chi connectivity index (χ0v) is 5.08. The number of aryl methyl sites for hydroxylation is 1. The van der Waals surface area contributed by atoms with Crippen molar-refractivity contribution in [3.63, 3.8) is 0 Å². The molecule has 0 aliphatic rings. The quantitative estimate of drug-likeness (QED) is 0.571. The van der Waals surface area contributed by atoms with Gasteiger partial charge in [0.05, 0.1) is 0 Å². The largest absolute Gasteiger partial charge is 0.225 e. The molecule has 0 bridgehead atoms. The Labute approximate surface area is 51.7 Å². The summed E-state index contributed by atoms with van der Waals surface area (Å²) in [5.74, 6) is 0.581. The number of nitrogens with zero attached hydrogens (tertiary/aromatic N) is 4. The molecule has 4 nitrogen and oxygen atoms in total. The van der Waals surface area contributed by atoms with Crippen LogP contribution in [-0.4, -0.2) is 20.2 Å². The second kappa shape index (κ2) is 2.52. The third-order valence-corrected chi connectivity index (χ3v) is 1.04. The standard InChI is InChI=1S/C4H7FN4/c1-2-4-6-7-8-9(4)3-5/h2-3H2,1H3/i5-1. The maximum Gasteiger partial charge on any atom is 0.185 e. The van der Waals surface area contributed by atoms with Gasteiger partial charge in [-0.15, -0.1) is 5.10 Å². The van der Waals surface area contributed by atoms with Crippen LogP contribution < -0.4 is 0 Å². The summed E-state index contributed by atoms with van der Waals surface area (Å²) in [4.78, 5) is 0. The van der Waals surface area contributed by atoms with Gasteiger partial charge in [0.25, 0.3) is 0 Å². The van der Waals surface area contributed by atoms with Gasteiger partial charge in [0.1, 0.15) is 0 Å². The maximum absolute atomic E-state index is 11.8. The molecular formula is C4H7FN4. The zero-order valence-electron chi connectivity index (χ0n) is 5.08. The fourth-order valence-corrected chi connectivity index (χ4v) is 0.569. The fraction of sp³-hybridized carbons (Fsp3) is 0.750. The Morgan fingerprint density at radius 1 is 1.67 bits per heavy atom. The molecule has 0 spiro atoms. The summed E-state index contributed by atoms with van der Waals surface area (Å²) in [7, 11) is 0. The van der Waals surface area contributed by atoms with E-state index in [2.05, 4.69) is 15.5 Å². The summed E-state index contributed by atoms with van der Waals surface area (Å²) in [5.41, 5.74) is 0. The van der Waals surface area contributed by atoms with E-state index in [0.717, 1.165) is 4.68 Å². The van der Waals surface area contributed by atoms with Crippen LogP contribution in [0, 0.1) is 0 Å². The Hall–Kier alpha value is -1.00. The Morgan fingerprint density at radius 3 is 2.89 bits per heavy atom. The van der Waals surface area contributed by atoms with Crippen molar-refractivity contribution >= 4 is 0 Å². The number of aromatic nitrogens is 4. The first-order chi connectivity index (χ1) is 4.38. The first-order valence-corrected chi connectivity index (χ1v) is 2.69. The van der Waals surface area contributed by atoms with Crippen LogP contribution in [-0.2, 0) is 13.2 Å². The second-order valence-electron chi connectivity index (χ2n) is 1.57. The number of rotatable bonds is 2. The summed E-state index contributed by atoms with van der Waals surface area (Å²) in [5, 5.41) is 10.2. The van der Waals surface area contributed by atoms with Crippen molar-refractivity contribution in [1.29, 1.82) is 0 Å². The molecular weight excluding hydrogens is 122 g/mol. The minimum Gasteiger partial charge on any atom is -0.225 e. The summed E-state index contributed by atoms with van der Waals surface area (Å²) in [6.07, 6.45) is 0.664. The molecule has 0 fully saturated rings. The molecule has 1 heterocycles. The molecule has 1 aromatic heterocycles. The smallest absolute Gasteiger partial charge is 0.185 e. The van der Waals surface area contributed by atoms with E-state index in [1.165, 1.54) is 0 Å². The summed E-state index contributed by atoms with van der Waals surface area (Å²) < 4.78 is 13.0. The molecule has 0 saturated carbocycles. The maximum atomic E-state index is 11.8. The van der Waals surface area contributed by atoms with E-state index in [1.807, 2.05) is 6.92 Å². The van der Waals surface area contributed by atoms with Gasteiger partial charge in [-0.05, 0) is 10.4 Å². The second-order valence-corrected chi connectivity index (χ2v) is 1.57. The lowest BCUT2D eigenvalue weighted by molar-refractivity contribution is 0.336. The van der Waals surface area contributed by atoms with Crippen molar-refractivity contribution in [1.82, 2.24) is 20.2 Å². The van der Waals surface area contributed by atoms with Gasteiger partial charge in [0, 0.05) is 6.42 Å². The van der Waals surface area contributed by atoms with Crippen molar-refractivity contribution in [3.8, 4) is 0 Å². The molecule has 0 N–H and O–H groups in total. The molecule has 50 valence electrons. The predicted molar refractivity (Wildman–Crippen MR) is 28.3 cm³/mol. The van der Waals surface area contributed by atoms with Crippen LogP contribution >= 0.6 is 0 Å². The van der Waals surface area contributed by atoms with E-state index in [9.17, 15) is 4.39 Å². The molecule has 5 heteroatoms. The molecule has 0 aliphatic carbocycles.